The van der Waals surface area contributed by atoms with Gasteiger partial charge in [0.1, 0.15) is 5.75 Å². The lowest BCUT2D eigenvalue weighted by atomic mass is 10.2. The van der Waals surface area contributed by atoms with Crippen LogP contribution in [0.15, 0.2) is 31.6 Å². The first kappa shape index (κ1) is 16.9. The number of nitrogens with one attached hydrogen (secondary N) is 1. The van der Waals surface area contributed by atoms with Crippen LogP contribution < -0.4 is 10.2 Å². The normalized spacial score (nSPS) is 10.9. The second kappa shape index (κ2) is 7.70. The largest absolute Gasteiger partial charge is 0.480 e. The van der Waals surface area contributed by atoms with E-state index >= 15 is 0 Å². The van der Waals surface area contributed by atoms with Crippen molar-refractivity contribution < 1.29 is 14.6 Å². The molecule has 1 aromatic heterocycles. The quantitative estimate of drug-likeness (QED) is 0.517. The molecular formula is C13H11Br2N3O3S. The highest BCUT2D eigenvalue weighted by atomic mass is 79.9. The number of benzene rings is 1. The average Bonchev–Trinajstić information content (AvgIpc) is 2.83. The van der Waals surface area contributed by atoms with E-state index in [4.69, 9.17) is 9.84 Å². The Bertz CT molecular complexity index is 695. The summed E-state index contributed by atoms with van der Waals surface area (Å²) in [6.45, 7) is 1.51. The van der Waals surface area contributed by atoms with E-state index in [0.29, 0.717) is 19.8 Å². The summed E-state index contributed by atoms with van der Waals surface area (Å²) in [6, 6.07) is 3.56. The van der Waals surface area contributed by atoms with Gasteiger partial charge in [0, 0.05) is 5.38 Å². The van der Waals surface area contributed by atoms with Crippen LogP contribution in [-0.2, 0) is 4.79 Å². The van der Waals surface area contributed by atoms with E-state index in [0.717, 1.165) is 11.3 Å². The lowest BCUT2D eigenvalue weighted by molar-refractivity contribution is -0.139. The monoisotopic (exact) mass is 447 g/mol. The fraction of sp³-hybridized carbons (Fsp3) is 0.154. The van der Waals surface area contributed by atoms with Gasteiger partial charge in [-0.25, -0.2) is 9.78 Å². The van der Waals surface area contributed by atoms with Crippen LogP contribution in [0.25, 0.3) is 0 Å². The van der Waals surface area contributed by atoms with Gasteiger partial charge < -0.3 is 9.84 Å². The van der Waals surface area contributed by atoms with Crippen molar-refractivity contribution in [1.29, 1.82) is 0 Å². The zero-order valence-electron chi connectivity index (χ0n) is 11.3. The molecule has 0 aliphatic rings. The Balaban J connectivity index is 2.07. The highest BCUT2D eigenvalue weighted by molar-refractivity contribution is 9.11. The summed E-state index contributed by atoms with van der Waals surface area (Å²) in [5.74, 6) is -0.601. The van der Waals surface area contributed by atoms with Crippen LogP contribution in [0.5, 0.6) is 5.75 Å². The SMILES string of the molecule is Cc1csc(NN=Cc2cc(Br)c(OCC(=O)O)c(Br)c2)n1. The zero-order chi connectivity index (χ0) is 16.1. The third-order valence-electron chi connectivity index (χ3n) is 2.35. The number of aromatic nitrogens is 1. The molecule has 0 saturated heterocycles. The molecule has 0 radical (unpaired) electrons. The van der Waals surface area contributed by atoms with E-state index in [1.54, 1.807) is 18.3 Å². The molecule has 0 saturated carbocycles. The van der Waals surface area contributed by atoms with E-state index in [2.05, 4.69) is 47.4 Å². The van der Waals surface area contributed by atoms with Crippen LogP contribution in [0.1, 0.15) is 11.3 Å². The molecule has 2 aromatic rings. The second-order valence-electron chi connectivity index (χ2n) is 4.16. The number of nitrogens with zero attached hydrogens (tertiary/aromatic N) is 2. The van der Waals surface area contributed by atoms with Gasteiger partial charge in [-0.15, -0.1) is 11.3 Å². The van der Waals surface area contributed by atoms with E-state index in [1.165, 1.54) is 11.3 Å². The summed E-state index contributed by atoms with van der Waals surface area (Å²) in [4.78, 5) is 14.8. The van der Waals surface area contributed by atoms with E-state index in [9.17, 15) is 4.79 Å². The molecule has 0 atom stereocenters. The number of carboxylic acid groups (broad SMARTS) is 1. The number of rotatable bonds is 6. The minimum atomic E-state index is -1.03. The van der Waals surface area contributed by atoms with Gasteiger partial charge in [0.05, 0.1) is 20.9 Å². The Hall–Kier alpha value is -1.45. The zero-order valence-corrected chi connectivity index (χ0v) is 15.3. The molecule has 0 aliphatic carbocycles. The molecular weight excluding hydrogens is 438 g/mol. The van der Waals surface area contributed by atoms with Crippen LogP contribution in [0, 0.1) is 6.92 Å². The molecule has 22 heavy (non-hydrogen) atoms. The Morgan fingerprint density at radius 3 is 2.73 bits per heavy atom. The molecule has 1 aromatic carbocycles. The smallest absolute Gasteiger partial charge is 0.341 e. The number of ether oxygens (including phenoxy) is 1. The summed E-state index contributed by atoms with van der Waals surface area (Å²) in [6.07, 6.45) is 1.63. The first-order valence-electron chi connectivity index (χ1n) is 6.00. The first-order chi connectivity index (χ1) is 10.5. The van der Waals surface area contributed by atoms with Crippen molar-refractivity contribution in [1.82, 2.24) is 4.98 Å². The lowest BCUT2D eigenvalue weighted by Gasteiger charge is -2.09. The van der Waals surface area contributed by atoms with Crippen molar-refractivity contribution >= 4 is 60.5 Å². The van der Waals surface area contributed by atoms with Gasteiger partial charge >= 0.3 is 5.97 Å². The van der Waals surface area contributed by atoms with Gasteiger partial charge in [-0.3, -0.25) is 5.43 Å². The first-order valence-corrected chi connectivity index (χ1v) is 8.47. The van der Waals surface area contributed by atoms with Crippen molar-refractivity contribution in [2.45, 2.75) is 6.92 Å². The molecule has 1 heterocycles. The molecule has 9 heteroatoms. The molecule has 2 N–H and O–H groups in total. The van der Waals surface area contributed by atoms with Crippen molar-refractivity contribution in [3.63, 3.8) is 0 Å². The Labute approximate surface area is 147 Å². The van der Waals surface area contributed by atoms with Crippen molar-refractivity contribution in [3.05, 3.63) is 37.7 Å². The third-order valence-corrected chi connectivity index (χ3v) is 4.40. The average molecular weight is 449 g/mol. The predicted molar refractivity (Wildman–Crippen MR) is 93.0 cm³/mol. The van der Waals surface area contributed by atoms with E-state index < -0.39 is 12.6 Å². The predicted octanol–water partition coefficient (Wildman–Crippen LogP) is 3.89. The topological polar surface area (TPSA) is 83.8 Å². The number of halogens is 2. The summed E-state index contributed by atoms with van der Waals surface area (Å²) < 4.78 is 6.47. The molecule has 0 spiro atoms. The molecule has 0 fully saturated rings. The third kappa shape index (κ3) is 4.79. The van der Waals surface area contributed by atoms with Crippen LogP contribution in [0.3, 0.4) is 0 Å². The van der Waals surface area contributed by atoms with Gasteiger partial charge in [-0.2, -0.15) is 5.10 Å². The Kier molecular flexibility index (Phi) is 5.92. The molecule has 0 unspecified atom stereocenters. The molecule has 2 rings (SSSR count). The fourth-order valence-corrected chi connectivity index (χ4v) is 3.58. The standard InChI is InChI=1S/C13H11Br2N3O3S/c1-7-6-22-13(17-7)18-16-4-8-2-9(14)12(10(15)3-8)21-5-11(19)20/h2-4,6H,5H2,1H3,(H,17,18)(H,19,20). The van der Waals surface area contributed by atoms with Gasteiger partial charge in [-0.1, -0.05) is 0 Å². The van der Waals surface area contributed by atoms with Crippen molar-refractivity contribution in [2.75, 3.05) is 12.0 Å². The van der Waals surface area contributed by atoms with Gasteiger partial charge in [0.15, 0.2) is 6.61 Å². The van der Waals surface area contributed by atoms with E-state index in [1.807, 2.05) is 12.3 Å². The molecule has 0 amide bonds. The molecule has 6 nitrogen and oxygen atoms in total. The number of anilines is 1. The Morgan fingerprint density at radius 1 is 1.50 bits per heavy atom. The minimum absolute atomic E-state index is 0.407. The Morgan fingerprint density at radius 2 is 2.18 bits per heavy atom. The van der Waals surface area contributed by atoms with Gasteiger partial charge in [0.25, 0.3) is 0 Å². The molecule has 116 valence electrons. The number of thiazole rings is 1. The van der Waals surface area contributed by atoms with Crippen LogP contribution in [0.4, 0.5) is 5.13 Å². The number of hydrogen-bond donors (Lipinski definition) is 2. The van der Waals surface area contributed by atoms with Gasteiger partial charge in [-0.05, 0) is 56.5 Å². The lowest BCUT2D eigenvalue weighted by Crippen LogP contribution is -2.10. The number of aliphatic carboxylic acids is 1. The van der Waals surface area contributed by atoms with Crippen molar-refractivity contribution in [2.24, 2.45) is 5.10 Å². The number of aryl methyl sites for hydroxylation is 1. The number of hydrogen-bond acceptors (Lipinski definition) is 6. The summed E-state index contributed by atoms with van der Waals surface area (Å²) in [5, 5.41) is 15.4. The number of carboxylic acids is 1. The summed E-state index contributed by atoms with van der Waals surface area (Å²) >= 11 is 8.17. The maximum absolute atomic E-state index is 10.5. The van der Waals surface area contributed by atoms with Crippen molar-refractivity contribution in [3.8, 4) is 5.75 Å². The summed E-state index contributed by atoms with van der Waals surface area (Å²) in [7, 11) is 0. The maximum atomic E-state index is 10.5. The van der Waals surface area contributed by atoms with Crippen LogP contribution in [-0.4, -0.2) is 28.9 Å². The van der Waals surface area contributed by atoms with Gasteiger partial charge in [0.2, 0.25) is 5.13 Å². The minimum Gasteiger partial charge on any atom is -0.480 e. The number of carbonyl (C=O) groups is 1. The summed E-state index contributed by atoms with van der Waals surface area (Å²) in [5.41, 5.74) is 4.59. The van der Waals surface area contributed by atoms with Crippen LogP contribution >= 0.6 is 43.2 Å². The number of hydrazone groups is 1. The molecule has 0 bridgehead atoms. The molecule has 0 aliphatic heterocycles. The van der Waals surface area contributed by atoms with E-state index in [-0.39, 0.29) is 0 Å². The fourth-order valence-electron chi connectivity index (χ4n) is 1.49. The second-order valence-corrected chi connectivity index (χ2v) is 6.73. The highest BCUT2D eigenvalue weighted by Gasteiger charge is 2.10. The van der Waals surface area contributed by atoms with Crippen LogP contribution in [0.2, 0.25) is 0 Å². The maximum Gasteiger partial charge on any atom is 0.341 e. The highest BCUT2D eigenvalue weighted by Crippen LogP contribution is 2.34.